The molecular formula is C11H14N2O2Pb2. The zero-order valence-corrected chi connectivity index (χ0v) is 17.6. The van der Waals surface area contributed by atoms with Crippen molar-refractivity contribution in [1.29, 1.82) is 0 Å². The molecule has 0 saturated carbocycles. The number of hydrogen-bond acceptors (Lipinski definition) is 2. The molecule has 2 rings (SSSR count). The molecule has 1 aliphatic rings. The van der Waals surface area contributed by atoms with E-state index in [2.05, 4.69) is 5.32 Å². The summed E-state index contributed by atoms with van der Waals surface area (Å²) >= 11 is 2.00. The van der Waals surface area contributed by atoms with Crippen LogP contribution in [0.4, 0.5) is 4.79 Å². The molecule has 2 amide bonds. The summed E-state index contributed by atoms with van der Waals surface area (Å²) in [5.74, 6) is 0. The molecular weight excluding hydrogens is 607 g/mol. The van der Waals surface area contributed by atoms with Gasteiger partial charge in [-0.05, 0) is 0 Å². The molecule has 0 spiro atoms. The van der Waals surface area contributed by atoms with Crippen LogP contribution in [0.3, 0.4) is 0 Å². The number of hydrogen-bond donors (Lipinski definition) is 1. The maximum absolute atomic E-state index is 11.5. The van der Waals surface area contributed by atoms with E-state index >= 15 is 0 Å². The van der Waals surface area contributed by atoms with Gasteiger partial charge in [-0.15, -0.1) is 0 Å². The van der Waals surface area contributed by atoms with Gasteiger partial charge in [0.05, 0.1) is 0 Å². The summed E-state index contributed by atoms with van der Waals surface area (Å²) in [6, 6.07) is 9.62. The minimum atomic E-state index is -0.187. The molecule has 1 N–H and O–H groups in total. The Morgan fingerprint density at radius 1 is 1.35 bits per heavy atom. The molecule has 88 valence electrons. The Balaban J connectivity index is 0.000000686. The molecule has 6 heteroatoms. The number of amides is 2. The number of nitrogens with zero attached hydrogens (tertiary/aromatic N) is 1. The molecule has 17 heavy (non-hydrogen) atoms. The topological polar surface area (TPSA) is 44.6 Å². The van der Waals surface area contributed by atoms with Crippen molar-refractivity contribution in [3.05, 3.63) is 35.9 Å². The summed E-state index contributed by atoms with van der Waals surface area (Å²) in [5.41, 5.74) is 1.02. The van der Waals surface area contributed by atoms with Crippen molar-refractivity contribution in [1.82, 2.24) is 10.4 Å². The minimum absolute atomic E-state index is 0.112. The van der Waals surface area contributed by atoms with Gasteiger partial charge in [-0.3, -0.25) is 0 Å². The van der Waals surface area contributed by atoms with Gasteiger partial charge < -0.3 is 0 Å². The van der Waals surface area contributed by atoms with Gasteiger partial charge >= 0.3 is 121 Å². The summed E-state index contributed by atoms with van der Waals surface area (Å²) in [7, 11) is 0. The van der Waals surface area contributed by atoms with E-state index in [1.165, 1.54) is 5.06 Å². The molecule has 0 bridgehead atoms. The number of carbonyl (C=O) groups excluding carboxylic acids is 1. The average molecular weight is 621 g/mol. The number of benzene rings is 1. The molecule has 1 atom stereocenters. The number of urea groups is 1. The van der Waals surface area contributed by atoms with Crippen molar-refractivity contribution < 1.29 is 9.63 Å². The first-order valence-corrected chi connectivity index (χ1v) is 9.91. The van der Waals surface area contributed by atoms with E-state index in [0.29, 0.717) is 1.16 Å². The van der Waals surface area contributed by atoms with E-state index in [1.54, 1.807) is 0 Å². The van der Waals surface area contributed by atoms with Crippen molar-refractivity contribution in [3.8, 4) is 0 Å². The summed E-state index contributed by atoms with van der Waals surface area (Å²) < 4.78 is 0.401. The maximum atomic E-state index is 11.5. The number of carbonyl (C=O) groups is 1. The Kier molecular flexibility index (Phi) is 6.92. The van der Waals surface area contributed by atoms with Crippen LogP contribution in [0, 0.1) is 0 Å². The Bertz CT molecular complexity index is 360. The molecule has 1 aromatic carbocycles. The van der Waals surface area contributed by atoms with Crippen molar-refractivity contribution in [2.75, 3.05) is 0 Å². The van der Waals surface area contributed by atoms with Crippen molar-refractivity contribution >= 4 is 57.6 Å². The van der Waals surface area contributed by atoms with Crippen LogP contribution in [0.25, 0.3) is 0 Å². The van der Waals surface area contributed by atoms with Crippen LogP contribution >= 0.6 is 0 Å². The number of rotatable bonds is 2. The summed E-state index contributed by atoms with van der Waals surface area (Å²) in [4.78, 5) is 16.8. The molecule has 0 aliphatic carbocycles. The van der Waals surface area contributed by atoms with Gasteiger partial charge in [-0.25, -0.2) is 0 Å². The monoisotopic (exact) mass is 622 g/mol. The third kappa shape index (κ3) is 4.82. The van der Waals surface area contributed by atoms with Crippen LogP contribution < -0.4 is 5.32 Å². The predicted molar refractivity (Wildman–Crippen MR) is 67.3 cm³/mol. The molecule has 1 fully saturated rings. The van der Waals surface area contributed by atoms with E-state index < -0.39 is 0 Å². The van der Waals surface area contributed by atoms with Gasteiger partial charge in [0.25, 0.3) is 0 Å². The van der Waals surface area contributed by atoms with Crippen molar-refractivity contribution in [2.45, 2.75) is 21.2 Å². The van der Waals surface area contributed by atoms with E-state index in [9.17, 15) is 4.79 Å². The van der Waals surface area contributed by atoms with E-state index in [0.717, 1.165) is 57.1 Å². The van der Waals surface area contributed by atoms with Crippen LogP contribution in [0.5, 0.6) is 0 Å². The zero-order chi connectivity index (χ0) is 12.8. The van der Waals surface area contributed by atoms with E-state index in [4.69, 9.17) is 4.84 Å². The third-order valence-corrected chi connectivity index (χ3v) is 3.06. The van der Waals surface area contributed by atoms with Crippen LogP contribution in [0.1, 0.15) is 25.6 Å². The predicted octanol–water partition coefficient (Wildman–Crippen LogP) is 1.29. The summed E-state index contributed by atoms with van der Waals surface area (Å²) in [6.45, 7) is 4.00. The molecule has 6 radical (unpaired) electrons. The van der Waals surface area contributed by atoms with E-state index in [-0.39, 0.29) is 12.3 Å². The van der Waals surface area contributed by atoms with Crippen LogP contribution in [-0.4, -0.2) is 63.8 Å². The van der Waals surface area contributed by atoms with Gasteiger partial charge in [0.15, 0.2) is 0 Å². The first-order chi connectivity index (χ1) is 8.18. The fourth-order valence-electron chi connectivity index (χ4n) is 1.24. The Morgan fingerprint density at radius 3 is 2.47 bits per heavy atom. The zero-order valence-electron chi connectivity index (χ0n) is 9.81. The van der Waals surface area contributed by atoms with Gasteiger partial charge in [0.2, 0.25) is 0 Å². The van der Waals surface area contributed by atoms with Gasteiger partial charge in [0.1, 0.15) is 0 Å². The molecule has 0 aromatic heterocycles. The summed E-state index contributed by atoms with van der Waals surface area (Å²) in [6.07, 6.45) is -0.187. The Hall–Kier alpha value is 0.294. The van der Waals surface area contributed by atoms with Gasteiger partial charge in [-0.1, -0.05) is 13.8 Å². The Morgan fingerprint density at radius 2 is 1.94 bits per heavy atom. The van der Waals surface area contributed by atoms with Crippen LogP contribution in [0.15, 0.2) is 30.3 Å². The van der Waals surface area contributed by atoms with Crippen LogP contribution in [-0.2, 0) is 4.84 Å². The van der Waals surface area contributed by atoms with Crippen LogP contribution in [0.2, 0.25) is 0 Å². The molecule has 4 nitrogen and oxygen atoms in total. The fraction of sp³-hybridized carbons (Fsp3) is 0.364. The second kappa shape index (κ2) is 7.67. The quantitative estimate of drug-likeness (QED) is 0.401. The third-order valence-electron chi connectivity index (χ3n) is 1.93. The van der Waals surface area contributed by atoms with Gasteiger partial charge in [0, 0.05) is 0 Å². The molecule has 1 heterocycles. The first kappa shape index (κ1) is 15.4. The summed E-state index contributed by atoms with van der Waals surface area (Å²) in [5, 5.41) is 4.28. The number of nitrogens with one attached hydrogen (secondary N) is 1. The van der Waals surface area contributed by atoms with Crippen molar-refractivity contribution in [2.24, 2.45) is 0 Å². The van der Waals surface area contributed by atoms with Gasteiger partial charge in [-0.2, -0.15) is 0 Å². The van der Waals surface area contributed by atoms with E-state index in [1.807, 2.05) is 44.2 Å². The normalized spacial score (nSPS) is 17.2. The molecule has 1 unspecified atom stereocenters. The average Bonchev–Trinajstić information content (AvgIpc) is 3.12. The fourth-order valence-corrected chi connectivity index (χ4v) is 2.20. The standard InChI is InChI=1S/C9H8N2O2.C2H6.2Pb/c1-10-9(12)11-8(13-11)7-5-3-2-4-6-7;1-2;;/h1-6,8H,(H,10,12);1-2H3;;. The SMILES string of the molecule is CC.O=C(N[CH]([Pb])[Pb])N1OC1c1ccccc1. The molecule has 1 aliphatic heterocycles. The number of hydroxylamine groups is 2. The second-order valence-electron chi connectivity index (χ2n) is 3.08. The van der Waals surface area contributed by atoms with Crippen molar-refractivity contribution in [3.63, 3.8) is 0 Å². The second-order valence-corrected chi connectivity index (χ2v) is 16.3. The molecule has 1 aromatic rings. The molecule has 1 saturated heterocycles. The first-order valence-electron chi connectivity index (χ1n) is 5.42. The Labute approximate surface area is 133 Å².